The third-order valence-electron chi connectivity index (χ3n) is 3.77. The molecular weight excluding hydrogens is 240 g/mol. The molecule has 0 N–H and O–H groups in total. The van der Waals surface area contributed by atoms with Crippen molar-refractivity contribution in [3.8, 4) is 11.5 Å². The summed E-state index contributed by atoms with van der Waals surface area (Å²) in [5.74, 6) is 2.11. The van der Waals surface area contributed by atoms with Crippen molar-refractivity contribution >= 4 is 5.78 Å². The van der Waals surface area contributed by atoms with E-state index in [1.54, 1.807) is 14.2 Å². The highest BCUT2D eigenvalue weighted by Crippen LogP contribution is 2.40. The van der Waals surface area contributed by atoms with Gasteiger partial charge in [-0.3, -0.25) is 4.79 Å². The minimum absolute atomic E-state index is 0.229. The van der Waals surface area contributed by atoms with Crippen LogP contribution in [0.4, 0.5) is 0 Å². The lowest BCUT2D eigenvalue weighted by molar-refractivity contribution is 0.0952. The first-order chi connectivity index (χ1) is 9.12. The summed E-state index contributed by atoms with van der Waals surface area (Å²) in [6.45, 7) is 4.27. The second kappa shape index (κ2) is 5.64. The Labute approximate surface area is 114 Å². The standard InChI is InChI=1S/C16H22O3/c1-5-6-11-12-7-10(2)8-14(17)13(12)9-15(18-3)16(11)19-4/h9-10H,5-8H2,1-4H3/t10-/m1/s1. The Morgan fingerprint density at radius 1 is 1.26 bits per heavy atom. The van der Waals surface area contributed by atoms with E-state index >= 15 is 0 Å². The first-order valence-electron chi connectivity index (χ1n) is 6.92. The van der Waals surface area contributed by atoms with Gasteiger partial charge in [-0.15, -0.1) is 0 Å². The van der Waals surface area contributed by atoms with Crippen molar-refractivity contribution in [2.75, 3.05) is 14.2 Å². The maximum absolute atomic E-state index is 12.2. The van der Waals surface area contributed by atoms with Gasteiger partial charge in [-0.1, -0.05) is 20.3 Å². The molecule has 0 saturated heterocycles. The highest BCUT2D eigenvalue weighted by molar-refractivity contribution is 6.00. The van der Waals surface area contributed by atoms with E-state index in [4.69, 9.17) is 9.47 Å². The Kier molecular flexibility index (Phi) is 4.13. The summed E-state index contributed by atoms with van der Waals surface area (Å²) in [5.41, 5.74) is 3.15. The van der Waals surface area contributed by atoms with E-state index in [-0.39, 0.29) is 5.78 Å². The lowest BCUT2D eigenvalue weighted by atomic mass is 9.80. The van der Waals surface area contributed by atoms with Gasteiger partial charge >= 0.3 is 0 Å². The summed E-state index contributed by atoms with van der Waals surface area (Å²) in [4.78, 5) is 12.2. The quantitative estimate of drug-likeness (QED) is 0.834. The fourth-order valence-electron chi connectivity index (χ4n) is 2.95. The van der Waals surface area contributed by atoms with E-state index in [0.29, 0.717) is 18.1 Å². The van der Waals surface area contributed by atoms with E-state index < -0.39 is 0 Å². The van der Waals surface area contributed by atoms with Crippen molar-refractivity contribution in [3.05, 3.63) is 22.8 Å². The van der Waals surface area contributed by atoms with Crippen molar-refractivity contribution in [3.63, 3.8) is 0 Å². The van der Waals surface area contributed by atoms with Crippen molar-refractivity contribution in [1.29, 1.82) is 0 Å². The van der Waals surface area contributed by atoms with Crippen LogP contribution in [0.2, 0.25) is 0 Å². The Morgan fingerprint density at radius 3 is 2.58 bits per heavy atom. The third-order valence-corrected chi connectivity index (χ3v) is 3.77. The summed E-state index contributed by atoms with van der Waals surface area (Å²) in [5, 5.41) is 0. The van der Waals surface area contributed by atoms with Crippen molar-refractivity contribution in [2.24, 2.45) is 5.92 Å². The molecule has 1 aromatic carbocycles. The fourth-order valence-corrected chi connectivity index (χ4v) is 2.95. The highest BCUT2D eigenvalue weighted by atomic mass is 16.5. The van der Waals surface area contributed by atoms with Crippen LogP contribution in [0.3, 0.4) is 0 Å². The van der Waals surface area contributed by atoms with Gasteiger partial charge in [-0.2, -0.15) is 0 Å². The zero-order valence-corrected chi connectivity index (χ0v) is 12.2. The van der Waals surface area contributed by atoms with Gasteiger partial charge in [0.2, 0.25) is 0 Å². The van der Waals surface area contributed by atoms with Crippen LogP contribution >= 0.6 is 0 Å². The van der Waals surface area contributed by atoms with Crippen LogP contribution < -0.4 is 9.47 Å². The van der Waals surface area contributed by atoms with Crippen LogP contribution in [-0.4, -0.2) is 20.0 Å². The number of carbonyl (C=O) groups excluding carboxylic acids is 1. The first kappa shape index (κ1) is 13.9. The van der Waals surface area contributed by atoms with Crippen molar-refractivity contribution < 1.29 is 14.3 Å². The SMILES string of the molecule is CCCc1c2c(cc(OC)c1OC)C(=O)C[C@H](C)C2. The average molecular weight is 262 g/mol. The molecule has 0 bridgehead atoms. The van der Waals surface area contributed by atoms with Gasteiger partial charge in [0.1, 0.15) is 0 Å². The molecule has 0 spiro atoms. The number of ketones is 1. The molecule has 0 amide bonds. The minimum atomic E-state index is 0.229. The van der Waals surface area contributed by atoms with Crippen LogP contribution in [-0.2, 0) is 12.8 Å². The second-order valence-corrected chi connectivity index (χ2v) is 5.30. The number of fused-ring (bicyclic) bond motifs is 1. The van der Waals surface area contributed by atoms with Crippen molar-refractivity contribution in [2.45, 2.75) is 39.5 Å². The largest absolute Gasteiger partial charge is 0.493 e. The topological polar surface area (TPSA) is 35.5 Å². The number of Topliss-reactive ketones (excluding diaryl/α,β-unsaturated/α-hetero) is 1. The zero-order chi connectivity index (χ0) is 14.0. The molecule has 0 unspecified atom stereocenters. The molecule has 1 aromatic rings. The van der Waals surface area contributed by atoms with Crippen LogP contribution in [0.5, 0.6) is 11.5 Å². The van der Waals surface area contributed by atoms with Gasteiger partial charge in [0, 0.05) is 17.5 Å². The number of ether oxygens (including phenoxy) is 2. The van der Waals surface area contributed by atoms with E-state index in [1.807, 2.05) is 6.07 Å². The Balaban J connectivity index is 2.65. The second-order valence-electron chi connectivity index (χ2n) is 5.30. The number of benzene rings is 1. The Hall–Kier alpha value is -1.51. The van der Waals surface area contributed by atoms with E-state index in [0.717, 1.165) is 36.1 Å². The van der Waals surface area contributed by atoms with Crippen molar-refractivity contribution in [1.82, 2.24) is 0 Å². The van der Waals surface area contributed by atoms with Crippen LogP contribution in [0.1, 0.15) is 48.2 Å². The predicted octanol–water partition coefficient (Wildman–Crippen LogP) is 3.42. The monoisotopic (exact) mass is 262 g/mol. The van der Waals surface area contributed by atoms with Gasteiger partial charge in [-0.25, -0.2) is 0 Å². The Bertz CT molecular complexity index is 491. The van der Waals surface area contributed by atoms with Gasteiger partial charge < -0.3 is 9.47 Å². The summed E-state index contributed by atoms with van der Waals surface area (Å²) in [7, 11) is 3.29. The first-order valence-corrected chi connectivity index (χ1v) is 6.92. The molecule has 104 valence electrons. The summed E-state index contributed by atoms with van der Waals surface area (Å²) in [6.07, 6.45) is 3.53. The molecule has 0 heterocycles. The molecule has 0 aromatic heterocycles. The molecule has 1 aliphatic rings. The maximum atomic E-state index is 12.2. The third kappa shape index (κ3) is 2.46. The van der Waals surface area contributed by atoms with Crippen LogP contribution in [0.25, 0.3) is 0 Å². The molecular formula is C16H22O3. The summed E-state index contributed by atoms with van der Waals surface area (Å²) in [6, 6.07) is 1.85. The van der Waals surface area contributed by atoms with Gasteiger partial charge in [-0.05, 0) is 30.4 Å². The molecule has 1 aliphatic carbocycles. The smallest absolute Gasteiger partial charge is 0.164 e. The molecule has 0 fully saturated rings. The number of hydrogen-bond donors (Lipinski definition) is 0. The zero-order valence-electron chi connectivity index (χ0n) is 12.2. The van der Waals surface area contributed by atoms with E-state index in [9.17, 15) is 4.79 Å². The lowest BCUT2D eigenvalue weighted by Crippen LogP contribution is -2.20. The molecule has 19 heavy (non-hydrogen) atoms. The Morgan fingerprint density at radius 2 is 2.00 bits per heavy atom. The number of methoxy groups -OCH3 is 2. The van der Waals surface area contributed by atoms with Gasteiger partial charge in [0.25, 0.3) is 0 Å². The molecule has 0 saturated carbocycles. The normalized spacial score (nSPS) is 18.1. The van der Waals surface area contributed by atoms with E-state index in [1.165, 1.54) is 5.56 Å². The minimum Gasteiger partial charge on any atom is -0.493 e. The molecule has 3 heteroatoms. The van der Waals surface area contributed by atoms with Crippen LogP contribution in [0, 0.1) is 5.92 Å². The molecule has 2 rings (SSSR count). The number of hydrogen-bond acceptors (Lipinski definition) is 3. The van der Waals surface area contributed by atoms with Gasteiger partial charge in [0.05, 0.1) is 14.2 Å². The number of carbonyl (C=O) groups is 1. The summed E-state index contributed by atoms with van der Waals surface area (Å²) >= 11 is 0. The van der Waals surface area contributed by atoms with Gasteiger partial charge in [0.15, 0.2) is 17.3 Å². The number of rotatable bonds is 4. The molecule has 3 nitrogen and oxygen atoms in total. The highest BCUT2D eigenvalue weighted by Gasteiger charge is 2.28. The lowest BCUT2D eigenvalue weighted by Gasteiger charge is -2.26. The molecule has 0 aliphatic heterocycles. The maximum Gasteiger partial charge on any atom is 0.164 e. The average Bonchev–Trinajstić information content (AvgIpc) is 2.39. The fraction of sp³-hybridized carbons (Fsp3) is 0.562. The van der Waals surface area contributed by atoms with E-state index in [2.05, 4.69) is 13.8 Å². The molecule has 0 radical (unpaired) electrons. The summed E-state index contributed by atoms with van der Waals surface area (Å²) < 4.78 is 10.9. The molecule has 1 atom stereocenters. The van der Waals surface area contributed by atoms with Crippen LogP contribution in [0.15, 0.2) is 6.07 Å². The predicted molar refractivity (Wildman–Crippen MR) is 75.4 cm³/mol.